The van der Waals surface area contributed by atoms with Crippen LogP contribution in [0.1, 0.15) is 29.6 Å². The van der Waals surface area contributed by atoms with Gasteiger partial charge < -0.3 is 15.5 Å². The summed E-state index contributed by atoms with van der Waals surface area (Å²) in [5.74, 6) is 0.0221. The van der Waals surface area contributed by atoms with Crippen molar-refractivity contribution in [3.05, 3.63) is 17.0 Å². The predicted octanol–water partition coefficient (Wildman–Crippen LogP) is 1.40. The van der Waals surface area contributed by atoms with Gasteiger partial charge in [-0.15, -0.1) is 0 Å². The fourth-order valence-corrected chi connectivity index (χ4v) is 3.48. The molecule has 2 bridgehead atoms. The second-order valence-electron chi connectivity index (χ2n) is 5.43. The van der Waals surface area contributed by atoms with E-state index in [0.29, 0.717) is 11.8 Å². The van der Waals surface area contributed by atoms with Crippen molar-refractivity contribution in [2.75, 3.05) is 11.9 Å². The summed E-state index contributed by atoms with van der Waals surface area (Å²) in [5, 5.41) is 21.6. The van der Waals surface area contributed by atoms with Gasteiger partial charge in [0, 0.05) is 18.3 Å². The summed E-state index contributed by atoms with van der Waals surface area (Å²) in [6.45, 7) is 0.185. The van der Waals surface area contributed by atoms with Crippen molar-refractivity contribution in [3.8, 4) is 0 Å². The highest BCUT2D eigenvalue weighted by Crippen LogP contribution is 2.56. The van der Waals surface area contributed by atoms with Gasteiger partial charge in [-0.25, -0.2) is 9.78 Å². The molecule has 0 aliphatic heterocycles. The normalized spacial score (nSPS) is 31.9. The van der Waals surface area contributed by atoms with Gasteiger partial charge in [0.25, 0.3) is 0 Å². The van der Waals surface area contributed by atoms with E-state index in [2.05, 4.69) is 15.3 Å². The number of aromatic carboxylic acids is 1. The van der Waals surface area contributed by atoms with E-state index >= 15 is 0 Å². The van der Waals surface area contributed by atoms with E-state index in [1.165, 1.54) is 6.20 Å². The molecule has 0 amide bonds. The average molecular weight is 284 g/mol. The highest BCUT2D eigenvalue weighted by molar-refractivity contribution is 6.28. The summed E-state index contributed by atoms with van der Waals surface area (Å²) in [4.78, 5) is 18.8. The summed E-state index contributed by atoms with van der Waals surface area (Å²) >= 11 is 5.73. The zero-order chi connectivity index (χ0) is 13.6. The Labute approximate surface area is 114 Å². The SMILES string of the molecule is O=C(O)c1cnc(Cl)nc1NC12CC(C1)[C@@H](CO)C2. The van der Waals surface area contributed by atoms with E-state index < -0.39 is 5.97 Å². The number of nitrogens with one attached hydrogen (secondary N) is 1. The first-order valence-corrected chi connectivity index (χ1v) is 6.56. The van der Waals surface area contributed by atoms with Crippen LogP contribution >= 0.6 is 11.6 Å². The first kappa shape index (κ1) is 12.6. The maximum absolute atomic E-state index is 11.1. The van der Waals surface area contributed by atoms with Gasteiger partial charge in [0.15, 0.2) is 0 Å². The highest BCUT2D eigenvalue weighted by Gasteiger charge is 2.56. The standard InChI is InChI=1S/C12H14ClN3O3/c13-11-14-4-8(10(18)19)9(15-11)16-12-1-6(2-12)7(3-12)5-17/h4,6-7,17H,1-3,5H2,(H,18,19)(H,14,15,16)/t6?,7-,12?/m1/s1. The van der Waals surface area contributed by atoms with Crippen LogP contribution in [0.25, 0.3) is 0 Å². The van der Waals surface area contributed by atoms with Gasteiger partial charge in [-0.2, -0.15) is 4.98 Å². The van der Waals surface area contributed by atoms with Crippen LogP contribution in [0.5, 0.6) is 0 Å². The quantitative estimate of drug-likeness (QED) is 0.723. The Morgan fingerprint density at radius 3 is 2.84 bits per heavy atom. The first-order chi connectivity index (χ1) is 9.03. The van der Waals surface area contributed by atoms with E-state index in [9.17, 15) is 9.90 Å². The summed E-state index contributed by atoms with van der Waals surface area (Å²) < 4.78 is 0. The topological polar surface area (TPSA) is 95.3 Å². The lowest BCUT2D eigenvalue weighted by molar-refractivity contribution is 0.0697. The molecule has 0 aromatic carbocycles. The zero-order valence-electron chi connectivity index (χ0n) is 10.1. The minimum Gasteiger partial charge on any atom is -0.477 e. The third-order valence-corrected chi connectivity index (χ3v) is 4.42. The van der Waals surface area contributed by atoms with Crippen LogP contribution in [0, 0.1) is 11.8 Å². The summed E-state index contributed by atoms with van der Waals surface area (Å²) in [7, 11) is 0. The molecule has 3 fully saturated rings. The molecule has 1 aromatic heterocycles. The second-order valence-corrected chi connectivity index (χ2v) is 5.76. The number of carboxylic acids is 1. The van der Waals surface area contributed by atoms with Crippen LogP contribution in [0.3, 0.4) is 0 Å². The zero-order valence-corrected chi connectivity index (χ0v) is 10.9. The molecule has 3 aliphatic rings. The number of rotatable bonds is 4. The molecule has 0 saturated heterocycles. The number of aliphatic hydroxyl groups is 1. The smallest absolute Gasteiger partial charge is 0.341 e. The van der Waals surface area contributed by atoms with Gasteiger partial charge in [-0.3, -0.25) is 0 Å². The monoisotopic (exact) mass is 283 g/mol. The lowest BCUT2D eigenvalue weighted by atomic mass is 9.76. The molecule has 3 N–H and O–H groups in total. The Bertz CT molecular complexity index is 531. The number of hydrogen-bond acceptors (Lipinski definition) is 5. The Morgan fingerprint density at radius 2 is 2.26 bits per heavy atom. The van der Waals surface area contributed by atoms with E-state index in [1.54, 1.807) is 0 Å². The number of carboxylic acid groups (broad SMARTS) is 1. The van der Waals surface area contributed by atoms with Crippen LogP contribution in [-0.2, 0) is 0 Å². The molecule has 0 unspecified atom stereocenters. The second kappa shape index (κ2) is 4.31. The molecule has 3 saturated carbocycles. The number of carbonyl (C=O) groups is 1. The molecule has 1 atom stereocenters. The molecule has 102 valence electrons. The van der Waals surface area contributed by atoms with Crippen molar-refractivity contribution >= 4 is 23.4 Å². The Balaban J connectivity index is 1.85. The van der Waals surface area contributed by atoms with E-state index in [0.717, 1.165) is 19.3 Å². The maximum Gasteiger partial charge on any atom is 0.341 e. The molecule has 3 aliphatic carbocycles. The average Bonchev–Trinajstić information content (AvgIpc) is 2.82. The van der Waals surface area contributed by atoms with Gasteiger partial charge in [-0.05, 0) is 42.7 Å². The van der Waals surface area contributed by atoms with Crippen LogP contribution in [0.4, 0.5) is 5.82 Å². The molecular weight excluding hydrogens is 270 g/mol. The number of nitrogens with zero attached hydrogens (tertiary/aromatic N) is 2. The largest absolute Gasteiger partial charge is 0.477 e. The molecule has 6 nitrogen and oxygen atoms in total. The van der Waals surface area contributed by atoms with Gasteiger partial charge in [0.05, 0.1) is 0 Å². The van der Waals surface area contributed by atoms with Gasteiger partial charge in [0.2, 0.25) is 5.28 Å². The van der Waals surface area contributed by atoms with E-state index in [-0.39, 0.29) is 28.8 Å². The van der Waals surface area contributed by atoms with Gasteiger partial charge in [-0.1, -0.05) is 0 Å². The number of anilines is 1. The third-order valence-electron chi connectivity index (χ3n) is 4.23. The lowest BCUT2D eigenvalue weighted by Crippen LogP contribution is -2.43. The van der Waals surface area contributed by atoms with Crippen molar-refractivity contribution in [2.24, 2.45) is 11.8 Å². The fraction of sp³-hybridized carbons (Fsp3) is 0.583. The van der Waals surface area contributed by atoms with Crippen LogP contribution in [0.15, 0.2) is 6.20 Å². The van der Waals surface area contributed by atoms with Crippen LogP contribution < -0.4 is 5.32 Å². The lowest BCUT2D eigenvalue weighted by Gasteiger charge is -2.40. The Morgan fingerprint density at radius 1 is 1.53 bits per heavy atom. The Kier molecular flexibility index (Phi) is 2.87. The molecular formula is C12H14ClN3O3. The molecule has 4 rings (SSSR count). The Hall–Kier alpha value is -1.40. The van der Waals surface area contributed by atoms with Gasteiger partial charge in [0.1, 0.15) is 11.4 Å². The minimum atomic E-state index is -1.08. The number of halogens is 1. The summed E-state index contributed by atoms with van der Waals surface area (Å²) in [6, 6.07) is 0. The minimum absolute atomic E-state index is 0.0228. The molecule has 0 radical (unpaired) electrons. The number of aliphatic hydroxyl groups excluding tert-OH is 1. The van der Waals surface area contributed by atoms with Gasteiger partial charge >= 0.3 is 5.97 Å². The highest BCUT2D eigenvalue weighted by atomic mass is 35.5. The van der Waals surface area contributed by atoms with Crippen molar-refractivity contribution in [1.82, 2.24) is 9.97 Å². The summed E-state index contributed by atoms with van der Waals surface area (Å²) in [6.07, 6.45) is 3.94. The summed E-state index contributed by atoms with van der Waals surface area (Å²) in [5.41, 5.74) is -0.116. The molecule has 0 spiro atoms. The van der Waals surface area contributed by atoms with Crippen molar-refractivity contribution in [3.63, 3.8) is 0 Å². The fourth-order valence-electron chi connectivity index (χ4n) is 3.34. The maximum atomic E-state index is 11.1. The number of hydrogen-bond donors (Lipinski definition) is 3. The molecule has 1 heterocycles. The van der Waals surface area contributed by atoms with E-state index in [4.69, 9.17) is 16.7 Å². The molecule has 7 heteroatoms. The van der Waals surface area contributed by atoms with Crippen molar-refractivity contribution < 1.29 is 15.0 Å². The number of fused-ring (bicyclic) bond motifs is 1. The third kappa shape index (κ3) is 2.04. The number of aromatic nitrogens is 2. The van der Waals surface area contributed by atoms with Crippen molar-refractivity contribution in [1.29, 1.82) is 0 Å². The molecule has 1 aromatic rings. The molecule has 19 heavy (non-hydrogen) atoms. The van der Waals surface area contributed by atoms with Crippen LogP contribution in [-0.4, -0.2) is 38.3 Å². The van der Waals surface area contributed by atoms with Crippen LogP contribution in [0.2, 0.25) is 5.28 Å². The van der Waals surface area contributed by atoms with E-state index in [1.807, 2.05) is 0 Å². The first-order valence-electron chi connectivity index (χ1n) is 6.18. The van der Waals surface area contributed by atoms with Crippen molar-refractivity contribution in [2.45, 2.75) is 24.8 Å². The predicted molar refractivity (Wildman–Crippen MR) is 68.3 cm³/mol.